The third kappa shape index (κ3) is 3.32. The van der Waals surface area contributed by atoms with Crippen molar-refractivity contribution in [1.29, 1.82) is 5.26 Å². The third-order valence-electron chi connectivity index (χ3n) is 3.47. The molecule has 2 aromatic rings. The highest BCUT2D eigenvalue weighted by atomic mass is 32.2. The molecule has 2 N–H and O–H groups in total. The van der Waals surface area contributed by atoms with Crippen molar-refractivity contribution < 1.29 is 0 Å². The molecule has 0 atom stereocenters. The molecule has 0 bridgehead atoms. The van der Waals surface area contributed by atoms with Gasteiger partial charge in [0, 0.05) is 23.7 Å². The molecule has 3 nitrogen and oxygen atoms in total. The van der Waals surface area contributed by atoms with Crippen molar-refractivity contribution >= 4 is 23.1 Å². The number of nitrogens with zero attached hydrogens (tertiary/aromatic N) is 2. The van der Waals surface area contributed by atoms with Gasteiger partial charge in [-0.1, -0.05) is 24.3 Å². The zero-order valence-corrected chi connectivity index (χ0v) is 13.2. The van der Waals surface area contributed by atoms with E-state index in [1.54, 1.807) is 11.8 Å². The van der Waals surface area contributed by atoms with Crippen LogP contribution in [-0.4, -0.2) is 12.8 Å². The lowest BCUT2D eigenvalue weighted by Gasteiger charge is -2.25. The molecule has 4 heteroatoms. The number of nitrogen functional groups attached to an aromatic ring is 1. The third-order valence-corrected chi connectivity index (χ3v) is 4.25. The summed E-state index contributed by atoms with van der Waals surface area (Å²) in [5.74, 6) is 0. The van der Waals surface area contributed by atoms with Gasteiger partial charge in [-0.05, 0) is 36.9 Å². The highest BCUT2D eigenvalue weighted by molar-refractivity contribution is 7.98. The molecule has 0 heterocycles. The van der Waals surface area contributed by atoms with E-state index in [2.05, 4.69) is 17.9 Å². The monoisotopic (exact) mass is 297 g/mol. The predicted octanol–water partition coefficient (Wildman–Crippen LogP) is 3.89. The maximum atomic E-state index is 9.48. The van der Waals surface area contributed by atoms with Crippen LogP contribution in [0.25, 0.3) is 0 Å². The molecule has 0 aromatic heterocycles. The molecule has 2 rings (SSSR count). The average Bonchev–Trinajstić information content (AvgIpc) is 2.53. The summed E-state index contributed by atoms with van der Waals surface area (Å²) >= 11 is 1.60. The molecule has 0 spiro atoms. The van der Waals surface area contributed by atoms with E-state index in [4.69, 9.17) is 5.73 Å². The van der Waals surface area contributed by atoms with E-state index < -0.39 is 0 Å². The maximum Gasteiger partial charge on any atom is 0.103 e. The lowest BCUT2D eigenvalue weighted by atomic mass is 10.1. The molecule has 0 saturated heterocycles. The second-order valence-corrected chi connectivity index (χ2v) is 5.53. The lowest BCUT2D eigenvalue weighted by molar-refractivity contribution is 0.830. The zero-order valence-electron chi connectivity index (χ0n) is 12.3. The quantitative estimate of drug-likeness (QED) is 0.672. The summed E-state index contributed by atoms with van der Waals surface area (Å²) in [7, 11) is 0. The van der Waals surface area contributed by atoms with Crippen molar-refractivity contribution in [1.82, 2.24) is 0 Å². The Balaban J connectivity index is 2.39. The first-order valence-electron chi connectivity index (χ1n) is 6.86. The molecule has 0 aliphatic heterocycles. The fraction of sp³-hybridized carbons (Fsp3) is 0.235. The van der Waals surface area contributed by atoms with Crippen LogP contribution in [-0.2, 0) is 6.54 Å². The van der Waals surface area contributed by atoms with Crippen LogP contribution < -0.4 is 10.6 Å². The van der Waals surface area contributed by atoms with Gasteiger partial charge in [-0.25, -0.2) is 0 Å². The fourth-order valence-corrected chi connectivity index (χ4v) is 2.89. The van der Waals surface area contributed by atoms with E-state index >= 15 is 0 Å². The molecule has 2 aromatic carbocycles. The van der Waals surface area contributed by atoms with Crippen LogP contribution in [0.3, 0.4) is 0 Å². The Labute approximate surface area is 130 Å². The highest BCUT2D eigenvalue weighted by Gasteiger charge is 2.14. The number of anilines is 2. The summed E-state index contributed by atoms with van der Waals surface area (Å²) in [6.07, 6.45) is 1.99. The smallest absolute Gasteiger partial charge is 0.103 e. The summed E-state index contributed by atoms with van der Waals surface area (Å²) in [6.45, 7) is 3.61. The number of hydrogen-bond donors (Lipinski definition) is 1. The number of benzene rings is 2. The van der Waals surface area contributed by atoms with Gasteiger partial charge in [-0.2, -0.15) is 5.26 Å². The van der Waals surface area contributed by atoms with Gasteiger partial charge in [0.15, 0.2) is 0 Å². The van der Waals surface area contributed by atoms with Crippen molar-refractivity contribution in [3.05, 3.63) is 53.6 Å². The number of nitrogens with two attached hydrogens (primary N) is 1. The van der Waals surface area contributed by atoms with Crippen molar-refractivity contribution in [3.8, 4) is 6.07 Å². The molecule has 0 aliphatic rings. The maximum absolute atomic E-state index is 9.48. The molecule has 0 aliphatic carbocycles. The topological polar surface area (TPSA) is 53.0 Å². The largest absolute Gasteiger partial charge is 0.398 e. The van der Waals surface area contributed by atoms with Crippen LogP contribution in [0, 0.1) is 11.3 Å². The van der Waals surface area contributed by atoms with Crippen molar-refractivity contribution in [3.63, 3.8) is 0 Å². The van der Waals surface area contributed by atoms with Gasteiger partial charge >= 0.3 is 0 Å². The lowest BCUT2D eigenvalue weighted by Crippen LogP contribution is -2.23. The summed E-state index contributed by atoms with van der Waals surface area (Å²) in [5, 5.41) is 9.48. The minimum Gasteiger partial charge on any atom is -0.398 e. The van der Waals surface area contributed by atoms with Crippen LogP contribution >= 0.6 is 11.8 Å². The zero-order chi connectivity index (χ0) is 15.2. The molecule has 0 saturated carbocycles. The predicted molar refractivity (Wildman–Crippen MR) is 90.5 cm³/mol. The Morgan fingerprint density at radius 2 is 1.95 bits per heavy atom. The van der Waals surface area contributed by atoms with E-state index in [0.717, 1.165) is 33.9 Å². The van der Waals surface area contributed by atoms with E-state index in [1.165, 1.54) is 0 Å². The minimum absolute atomic E-state index is 0.704. The molecule has 0 amide bonds. The van der Waals surface area contributed by atoms with Crippen molar-refractivity contribution in [2.24, 2.45) is 0 Å². The standard InChI is InChI=1S/C17H19N3S/c1-3-20(12-13-7-4-5-8-15(13)19)16-9-6-10-17(21-2)14(16)11-18/h4-10H,3,12,19H2,1-2H3. The summed E-state index contributed by atoms with van der Waals surface area (Å²) < 4.78 is 0. The first kappa shape index (κ1) is 15.3. The van der Waals surface area contributed by atoms with Crippen LogP contribution in [0.15, 0.2) is 47.4 Å². The number of rotatable bonds is 5. The van der Waals surface area contributed by atoms with Crippen LogP contribution in [0.4, 0.5) is 11.4 Å². The van der Waals surface area contributed by atoms with Crippen LogP contribution in [0.1, 0.15) is 18.1 Å². The van der Waals surface area contributed by atoms with Gasteiger partial charge in [0.25, 0.3) is 0 Å². The summed E-state index contributed by atoms with van der Waals surface area (Å²) in [5.41, 5.74) is 9.61. The molecule has 21 heavy (non-hydrogen) atoms. The number of hydrogen-bond acceptors (Lipinski definition) is 4. The number of para-hydroxylation sites is 1. The Morgan fingerprint density at radius 1 is 1.19 bits per heavy atom. The SMILES string of the molecule is CCN(Cc1ccccc1N)c1cccc(SC)c1C#N. The normalized spacial score (nSPS) is 10.1. The van der Waals surface area contributed by atoms with Gasteiger partial charge < -0.3 is 10.6 Å². The van der Waals surface area contributed by atoms with E-state index in [1.807, 2.05) is 48.7 Å². The molecule has 0 radical (unpaired) electrons. The number of nitriles is 1. The average molecular weight is 297 g/mol. The first-order chi connectivity index (χ1) is 10.2. The van der Waals surface area contributed by atoms with E-state index in [0.29, 0.717) is 6.54 Å². The van der Waals surface area contributed by atoms with Gasteiger partial charge in [-0.3, -0.25) is 0 Å². The second-order valence-electron chi connectivity index (χ2n) is 4.68. The highest BCUT2D eigenvalue weighted by Crippen LogP contribution is 2.30. The van der Waals surface area contributed by atoms with Crippen molar-refractivity contribution in [2.45, 2.75) is 18.4 Å². The van der Waals surface area contributed by atoms with Crippen molar-refractivity contribution in [2.75, 3.05) is 23.4 Å². The van der Waals surface area contributed by atoms with Gasteiger partial charge in [0.1, 0.15) is 6.07 Å². The molecular weight excluding hydrogens is 278 g/mol. The molecule has 0 fully saturated rings. The summed E-state index contributed by atoms with van der Waals surface area (Å²) in [6, 6.07) is 16.2. The Hall–Kier alpha value is -2.12. The minimum atomic E-state index is 0.704. The number of thioether (sulfide) groups is 1. The molecule has 0 unspecified atom stereocenters. The second kappa shape index (κ2) is 7.05. The summed E-state index contributed by atoms with van der Waals surface area (Å²) in [4.78, 5) is 3.19. The Morgan fingerprint density at radius 3 is 2.57 bits per heavy atom. The Kier molecular flexibility index (Phi) is 5.13. The van der Waals surface area contributed by atoms with E-state index in [-0.39, 0.29) is 0 Å². The van der Waals surface area contributed by atoms with Crippen LogP contribution in [0.5, 0.6) is 0 Å². The fourth-order valence-electron chi connectivity index (χ4n) is 2.32. The molecular formula is C17H19N3S. The van der Waals surface area contributed by atoms with Gasteiger partial charge in [0.05, 0.1) is 11.3 Å². The Bertz CT molecular complexity index is 661. The van der Waals surface area contributed by atoms with Gasteiger partial charge in [0.2, 0.25) is 0 Å². The van der Waals surface area contributed by atoms with E-state index in [9.17, 15) is 5.26 Å². The van der Waals surface area contributed by atoms with Gasteiger partial charge in [-0.15, -0.1) is 11.8 Å². The van der Waals surface area contributed by atoms with Crippen LogP contribution in [0.2, 0.25) is 0 Å². The molecule has 108 valence electrons. The first-order valence-corrected chi connectivity index (χ1v) is 8.09.